The molecule has 5 nitrogen and oxygen atoms in total. The molecular weight excluding hydrogens is 210 g/mol. The minimum atomic E-state index is -1.34. The molecule has 0 radical (unpaired) electrons. The van der Waals surface area contributed by atoms with Crippen molar-refractivity contribution in [1.29, 1.82) is 0 Å². The van der Waals surface area contributed by atoms with E-state index >= 15 is 0 Å². The van der Waals surface area contributed by atoms with Crippen LogP contribution in [0.1, 0.15) is 0 Å². The number of carbonyl (C=O) groups excluding carboxylic acids is 2. The zero-order valence-electron chi connectivity index (χ0n) is 7.03. The molecule has 6 heteroatoms. The van der Waals surface area contributed by atoms with Gasteiger partial charge in [-0.25, -0.2) is 0 Å². The van der Waals surface area contributed by atoms with Crippen LogP contribution in [0.3, 0.4) is 0 Å². The Hall–Kier alpha value is -1.33. The average molecular weight is 218 g/mol. The second kappa shape index (κ2) is 4.26. The summed E-state index contributed by atoms with van der Waals surface area (Å²) >= 11 is 5.19. The summed E-state index contributed by atoms with van der Waals surface area (Å²) in [4.78, 5) is 22.0. The maximum Gasteiger partial charge on any atom is 0.239 e. The van der Waals surface area contributed by atoms with Gasteiger partial charge in [0.1, 0.15) is 23.4 Å². The Bertz CT molecular complexity index is 334. The molecule has 1 amide bonds. The van der Waals surface area contributed by atoms with Gasteiger partial charge in [0.25, 0.3) is 0 Å². The molecule has 0 saturated carbocycles. The zero-order valence-corrected chi connectivity index (χ0v) is 7.78. The molecule has 0 heterocycles. The number of halogens is 1. The van der Waals surface area contributed by atoms with Gasteiger partial charge in [0.2, 0.25) is 11.7 Å². The Labute approximate surface area is 84.7 Å². The van der Waals surface area contributed by atoms with Gasteiger partial charge in [-0.2, -0.15) is 0 Å². The third kappa shape index (κ3) is 2.12. The fraction of sp³-hybridized carbons (Fsp3) is 0.250. The molecule has 0 aromatic rings. The van der Waals surface area contributed by atoms with Crippen molar-refractivity contribution in [2.75, 3.05) is 5.88 Å². The number of alkyl halides is 1. The van der Waals surface area contributed by atoms with Crippen LogP contribution < -0.4 is 5.32 Å². The van der Waals surface area contributed by atoms with Crippen molar-refractivity contribution < 1.29 is 19.8 Å². The van der Waals surface area contributed by atoms with E-state index in [-0.39, 0.29) is 11.6 Å². The maximum absolute atomic E-state index is 11.2. The topological polar surface area (TPSA) is 86.6 Å². The first-order chi connectivity index (χ1) is 6.56. The van der Waals surface area contributed by atoms with E-state index in [1.807, 2.05) is 0 Å². The number of Topliss-reactive ketones (excluding diaryl/α,β-unsaturated/α-hetero) is 1. The third-order valence-electron chi connectivity index (χ3n) is 1.59. The van der Waals surface area contributed by atoms with Crippen molar-refractivity contribution in [3.05, 3.63) is 23.6 Å². The Morgan fingerprint density at radius 3 is 2.86 bits per heavy atom. The molecule has 0 aromatic carbocycles. The molecule has 1 atom stereocenters. The average Bonchev–Trinajstić information content (AvgIpc) is 2.18. The number of rotatable bonds is 2. The Morgan fingerprint density at radius 1 is 1.64 bits per heavy atom. The SMILES string of the molecule is O=C(CCl)NC1=C(O)C=CC(O)C1=O. The number of allylic oxidation sites excluding steroid dienone is 1. The van der Waals surface area contributed by atoms with E-state index in [9.17, 15) is 14.7 Å². The summed E-state index contributed by atoms with van der Waals surface area (Å²) in [6.07, 6.45) is 0.917. The van der Waals surface area contributed by atoms with Gasteiger partial charge in [0.15, 0.2) is 0 Å². The summed E-state index contributed by atoms with van der Waals surface area (Å²) in [5.41, 5.74) is -0.328. The van der Waals surface area contributed by atoms with Gasteiger partial charge >= 0.3 is 0 Å². The van der Waals surface area contributed by atoms with Crippen LogP contribution in [-0.4, -0.2) is 33.9 Å². The lowest BCUT2D eigenvalue weighted by molar-refractivity contribution is -0.125. The van der Waals surface area contributed by atoms with Gasteiger partial charge in [-0.1, -0.05) is 0 Å². The molecule has 1 rings (SSSR count). The Kier molecular flexibility index (Phi) is 3.27. The van der Waals surface area contributed by atoms with Crippen molar-refractivity contribution in [1.82, 2.24) is 5.32 Å². The highest BCUT2D eigenvalue weighted by Gasteiger charge is 2.25. The first-order valence-corrected chi connectivity index (χ1v) is 4.29. The molecule has 0 saturated heterocycles. The summed E-state index contributed by atoms with van der Waals surface area (Å²) in [6.45, 7) is 0. The van der Waals surface area contributed by atoms with Crippen LogP contribution in [0.2, 0.25) is 0 Å². The van der Waals surface area contributed by atoms with E-state index in [1.54, 1.807) is 0 Å². The predicted octanol–water partition coefficient (Wildman–Crippen LogP) is -0.389. The van der Waals surface area contributed by atoms with Crippen molar-refractivity contribution in [2.24, 2.45) is 0 Å². The second-order valence-electron chi connectivity index (χ2n) is 2.61. The number of carbonyl (C=O) groups is 2. The van der Waals surface area contributed by atoms with Crippen molar-refractivity contribution in [3.63, 3.8) is 0 Å². The molecule has 1 aliphatic rings. The summed E-state index contributed by atoms with van der Waals surface area (Å²) < 4.78 is 0. The van der Waals surface area contributed by atoms with Crippen molar-refractivity contribution in [2.45, 2.75) is 6.10 Å². The molecule has 1 unspecified atom stereocenters. The van der Waals surface area contributed by atoms with Gasteiger partial charge in [-0.3, -0.25) is 9.59 Å². The van der Waals surface area contributed by atoms with Gasteiger partial charge in [-0.05, 0) is 12.2 Å². The van der Waals surface area contributed by atoms with E-state index in [1.165, 1.54) is 0 Å². The molecule has 1 aliphatic carbocycles. The van der Waals surface area contributed by atoms with Crippen LogP contribution in [0.4, 0.5) is 0 Å². The lowest BCUT2D eigenvalue weighted by atomic mass is 10.1. The van der Waals surface area contributed by atoms with Crippen molar-refractivity contribution >= 4 is 23.3 Å². The number of aliphatic hydroxyl groups is 2. The van der Waals surface area contributed by atoms with Gasteiger partial charge in [0, 0.05) is 0 Å². The number of hydrogen-bond acceptors (Lipinski definition) is 4. The minimum Gasteiger partial charge on any atom is -0.506 e. The normalized spacial score (nSPS) is 21.3. The monoisotopic (exact) mass is 217 g/mol. The van der Waals surface area contributed by atoms with Gasteiger partial charge < -0.3 is 15.5 Å². The molecule has 0 spiro atoms. The van der Waals surface area contributed by atoms with Crippen LogP contribution >= 0.6 is 11.6 Å². The van der Waals surface area contributed by atoms with Crippen LogP contribution in [0, 0.1) is 0 Å². The van der Waals surface area contributed by atoms with Gasteiger partial charge in [0.05, 0.1) is 0 Å². The fourth-order valence-electron chi connectivity index (χ4n) is 0.926. The van der Waals surface area contributed by atoms with Crippen LogP contribution in [0.5, 0.6) is 0 Å². The number of nitrogens with one attached hydrogen (secondary N) is 1. The molecule has 14 heavy (non-hydrogen) atoms. The predicted molar refractivity (Wildman–Crippen MR) is 48.7 cm³/mol. The third-order valence-corrected chi connectivity index (χ3v) is 1.84. The van der Waals surface area contributed by atoms with E-state index in [0.717, 1.165) is 12.2 Å². The smallest absolute Gasteiger partial charge is 0.239 e. The summed E-state index contributed by atoms with van der Waals surface area (Å²) in [5.74, 6) is -2.10. The molecule has 76 valence electrons. The van der Waals surface area contributed by atoms with Crippen LogP contribution in [-0.2, 0) is 9.59 Å². The van der Waals surface area contributed by atoms with E-state index in [4.69, 9.17) is 16.7 Å². The first-order valence-electron chi connectivity index (χ1n) is 3.75. The lowest BCUT2D eigenvalue weighted by Gasteiger charge is -2.14. The van der Waals surface area contributed by atoms with E-state index in [2.05, 4.69) is 5.32 Å². The molecule has 0 fully saturated rings. The number of aliphatic hydroxyl groups excluding tert-OH is 2. The fourth-order valence-corrected chi connectivity index (χ4v) is 0.992. The quantitative estimate of drug-likeness (QED) is 0.550. The van der Waals surface area contributed by atoms with E-state index in [0.29, 0.717) is 0 Å². The van der Waals surface area contributed by atoms with Gasteiger partial charge in [-0.15, -0.1) is 11.6 Å². The molecule has 0 aromatic heterocycles. The van der Waals surface area contributed by atoms with Crippen LogP contribution in [0.15, 0.2) is 23.6 Å². The highest BCUT2D eigenvalue weighted by Crippen LogP contribution is 2.11. The lowest BCUT2D eigenvalue weighted by Crippen LogP contribution is -2.35. The molecule has 3 N–H and O–H groups in total. The van der Waals surface area contributed by atoms with Crippen molar-refractivity contribution in [3.8, 4) is 0 Å². The maximum atomic E-state index is 11.2. The van der Waals surface area contributed by atoms with Crippen LogP contribution in [0.25, 0.3) is 0 Å². The minimum absolute atomic E-state index is 0.328. The largest absolute Gasteiger partial charge is 0.506 e. The number of ketones is 1. The molecule has 0 bridgehead atoms. The summed E-state index contributed by atoms with van der Waals surface area (Å²) in [7, 11) is 0. The highest BCUT2D eigenvalue weighted by atomic mass is 35.5. The summed E-state index contributed by atoms with van der Waals surface area (Å²) in [6, 6.07) is 0. The Morgan fingerprint density at radius 2 is 2.29 bits per heavy atom. The second-order valence-corrected chi connectivity index (χ2v) is 2.88. The van der Waals surface area contributed by atoms with E-state index < -0.39 is 23.6 Å². The first kappa shape index (κ1) is 10.7. The molecular formula is C8H8ClNO4. The number of amides is 1. The Balaban J connectivity index is 2.88. The standard InChI is InChI=1S/C8H8ClNO4/c9-3-6(13)10-7-4(11)1-2-5(12)8(7)14/h1-2,5,11-12H,3H2,(H,10,13). The highest BCUT2D eigenvalue weighted by molar-refractivity contribution is 6.27. The number of hydrogen-bond donors (Lipinski definition) is 3. The zero-order chi connectivity index (χ0) is 10.7. The molecule has 0 aliphatic heterocycles. The summed E-state index contributed by atoms with van der Waals surface area (Å²) in [5, 5.41) is 20.4.